The van der Waals surface area contributed by atoms with Gasteiger partial charge in [-0.3, -0.25) is 9.13 Å². The fraction of sp³-hybridized carbons (Fsp3) is 0. The van der Waals surface area contributed by atoms with Gasteiger partial charge in [-0.05, 0) is 48.5 Å². The molecule has 4 aromatic rings. The molecule has 4 aromatic heterocycles. The van der Waals surface area contributed by atoms with Crippen molar-refractivity contribution in [1.82, 2.24) is 19.1 Å². The van der Waals surface area contributed by atoms with Crippen LogP contribution in [0.3, 0.4) is 0 Å². The number of hydrogen-bond acceptors (Lipinski definition) is 1. The summed E-state index contributed by atoms with van der Waals surface area (Å²) < 4.78 is 3.27. The van der Waals surface area contributed by atoms with Crippen molar-refractivity contribution in [2.24, 2.45) is 0 Å². The van der Waals surface area contributed by atoms with Crippen LogP contribution < -0.4 is 0 Å². The highest BCUT2D eigenvalue weighted by Gasteiger charge is 2.16. The Bertz CT molecular complexity index is 820. The van der Waals surface area contributed by atoms with E-state index in [1.807, 2.05) is 60.9 Å². The zero-order chi connectivity index (χ0) is 14.9. The molecular formula is C17H14N4O. The third kappa shape index (κ3) is 1.91. The summed E-state index contributed by atoms with van der Waals surface area (Å²) in [5.74, 6) is 0. The average molecular weight is 290 g/mol. The molecule has 0 amide bonds. The monoisotopic (exact) mass is 290 g/mol. The lowest BCUT2D eigenvalue weighted by atomic mass is 10.3. The van der Waals surface area contributed by atoms with E-state index >= 15 is 0 Å². The SMILES string of the molecule is O=C(n1cccc1-c1ccc[nH]1)n1cccc1-c1ccc[nH]1. The molecule has 0 radical (unpaired) electrons. The van der Waals surface area contributed by atoms with Crippen molar-refractivity contribution in [3.8, 4) is 22.8 Å². The van der Waals surface area contributed by atoms with Crippen LogP contribution in [0.2, 0.25) is 0 Å². The van der Waals surface area contributed by atoms with Crippen LogP contribution in [0.25, 0.3) is 22.8 Å². The molecule has 0 aliphatic heterocycles. The Balaban J connectivity index is 1.79. The molecule has 22 heavy (non-hydrogen) atoms. The van der Waals surface area contributed by atoms with Gasteiger partial charge < -0.3 is 9.97 Å². The number of H-pyrrole nitrogens is 2. The van der Waals surface area contributed by atoms with E-state index in [9.17, 15) is 4.79 Å². The summed E-state index contributed by atoms with van der Waals surface area (Å²) >= 11 is 0. The van der Waals surface area contributed by atoms with Crippen LogP contribution in [0.4, 0.5) is 4.79 Å². The van der Waals surface area contributed by atoms with Gasteiger partial charge in [-0.1, -0.05) is 0 Å². The third-order valence-electron chi connectivity index (χ3n) is 3.66. The Morgan fingerprint density at radius 2 is 1.23 bits per heavy atom. The highest BCUT2D eigenvalue weighted by Crippen LogP contribution is 2.22. The molecule has 0 fully saturated rings. The number of aromatic amines is 2. The van der Waals surface area contributed by atoms with Gasteiger partial charge in [-0.25, -0.2) is 4.79 Å². The molecule has 0 aliphatic rings. The average Bonchev–Trinajstić information content (AvgIpc) is 3.35. The Kier molecular flexibility index (Phi) is 2.83. The molecule has 0 saturated carbocycles. The van der Waals surface area contributed by atoms with E-state index in [2.05, 4.69) is 9.97 Å². The zero-order valence-corrected chi connectivity index (χ0v) is 11.7. The van der Waals surface area contributed by atoms with Crippen LogP contribution in [0.1, 0.15) is 0 Å². The fourth-order valence-electron chi connectivity index (χ4n) is 2.63. The maximum Gasteiger partial charge on any atom is 0.337 e. The van der Waals surface area contributed by atoms with E-state index in [1.54, 1.807) is 21.5 Å². The smallest absolute Gasteiger partial charge is 0.337 e. The molecule has 0 saturated heterocycles. The van der Waals surface area contributed by atoms with E-state index in [1.165, 1.54) is 0 Å². The first-order chi connectivity index (χ1) is 10.8. The van der Waals surface area contributed by atoms with Crippen LogP contribution in [0, 0.1) is 0 Å². The van der Waals surface area contributed by atoms with Gasteiger partial charge in [0.2, 0.25) is 0 Å². The molecule has 0 unspecified atom stereocenters. The topological polar surface area (TPSA) is 58.5 Å². The van der Waals surface area contributed by atoms with Gasteiger partial charge in [0.15, 0.2) is 0 Å². The van der Waals surface area contributed by atoms with Crippen molar-refractivity contribution in [1.29, 1.82) is 0 Å². The van der Waals surface area contributed by atoms with Crippen molar-refractivity contribution >= 4 is 6.03 Å². The van der Waals surface area contributed by atoms with Crippen molar-refractivity contribution in [2.75, 3.05) is 0 Å². The summed E-state index contributed by atoms with van der Waals surface area (Å²) in [4.78, 5) is 19.2. The normalized spacial score (nSPS) is 10.9. The number of nitrogens with zero attached hydrogens (tertiary/aromatic N) is 2. The summed E-state index contributed by atoms with van der Waals surface area (Å²) in [6, 6.07) is 15.2. The van der Waals surface area contributed by atoms with Crippen LogP contribution in [0.15, 0.2) is 73.3 Å². The highest BCUT2D eigenvalue weighted by atomic mass is 16.2. The van der Waals surface area contributed by atoms with Crippen LogP contribution in [0.5, 0.6) is 0 Å². The first-order valence-electron chi connectivity index (χ1n) is 7.01. The lowest BCUT2D eigenvalue weighted by Gasteiger charge is -2.10. The number of hydrogen-bond donors (Lipinski definition) is 2. The summed E-state index contributed by atoms with van der Waals surface area (Å²) in [6.07, 6.45) is 7.24. The number of nitrogens with one attached hydrogen (secondary N) is 2. The third-order valence-corrected chi connectivity index (χ3v) is 3.66. The van der Waals surface area contributed by atoms with Gasteiger partial charge in [0.1, 0.15) is 0 Å². The van der Waals surface area contributed by atoms with E-state index in [0.29, 0.717) is 0 Å². The summed E-state index contributed by atoms with van der Waals surface area (Å²) in [5, 5.41) is 0. The quantitative estimate of drug-likeness (QED) is 0.579. The van der Waals surface area contributed by atoms with E-state index in [0.717, 1.165) is 22.8 Å². The second kappa shape index (κ2) is 4.96. The van der Waals surface area contributed by atoms with E-state index in [4.69, 9.17) is 0 Å². The molecular weight excluding hydrogens is 276 g/mol. The lowest BCUT2D eigenvalue weighted by molar-refractivity contribution is 0.244. The van der Waals surface area contributed by atoms with Gasteiger partial charge in [0.25, 0.3) is 0 Å². The summed E-state index contributed by atoms with van der Waals surface area (Å²) in [5.41, 5.74) is 3.49. The molecule has 0 spiro atoms. The van der Waals surface area contributed by atoms with Crippen LogP contribution >= 0.6 is 0 Å². The highest BCUT2D eigenvalue weighted by molar-refractivity contribution is 5.87. The molecule has 0 atom stereocenters. The first-order valence-corrected chi connectivity index (χ1v) is 7.01. The predicted octanol–water partition coefficient (Wildman–Crippen LogP) is 3.80. The molecule has 0 bridgehead atoms. The number of carbonyl (C=O) groups is 1. The maximum absolute atomic E-state index is 12.9. The minimum atomic E-state index is -0.121. The molecule has 2 N–H and O–H groups in total. The molecule has 5 heteroatoms. The maximum atomic E-state index is 12.9. The van der Waals surface area contributed by atoms with Crippen LogP contribution in [-0.2, 0) is 0 Å². The van der Waals surface area contributed by atoms with Crippen molar-refractivity contribution in [3.63, 3.8) is 0 Å². The Morgan fingerprint density at radius 3 is 1.64 bits per heavy atom. The molecule has 4 rings (SSSR count). The van der Waals surface area contributed by atoms with Crippen molar-refractivity contribution in [3.05, 3.63) is 73.3 Å². The number of carbonyl (C=O) groups excluding carboxylic acids is 1. The fourth-order valence-corrected chi connectivity index (χ4v) is 2.63. The second-order valence-electron chi connectivity index (χ2n) is 4.98. The minimum Gasteiger partial charge on any atom is -0.360 e. The Morgan fingerprint density at radius 1 is 0.727 bits per heavy atom. The number of rotatable bonds is 2. The van der Waals surface area contributed by atoms with Gasteiger partial charge in [0, 0.05) is 24.8 Å². The van der Waals surface area contributed by atoms with Crippen molar-refractivity contribution in [2.45, 2.75) is 0 Å². The minimum absolute atomic E-state index is 0.121. The molecule has 0 aromatic carbocycles. The predicted molar refractivity (Wildman–Crippen MR) is 84.6 cm³/mol. The zero-order valence-electron chi connectivity index (χ0n) is 11.7. The summed E-state index contributed by atoms with van der Waals surface area (Å²) in [7, 11) is 0. The molecule has 108 valence electrons. The van der Waals surface area contributed by atoms with E-state index in [-0.39, 0.29) is 6.03 Å². The van der Waals surface area contributed by atoms with Gasteiger partial charge in [0.05, 0.1) is 22.8 Å². The molecule has 5 nitrogen and oxygen atoms in total. The van der Waals surface area contributed by atoms with Crippen LogP contribution in [-0.4, -0.2) is 25.1 Å². The first kappa shape index (κ1) is 12.5. The number of aromatic nitrogens is 4. The Hall–Kier alpha value is -3.21. The Labute approximate surface area is 126 Å². The van der Waals surface area contributed by atoms with Gasteiger partial charge in [-0.2, -0.15) is 0 Å². The molecule has 0 aliphatic carbocycles. The second-order valence-corrected chi connectivity index (χ2v) is 4.98. The lowest BCUT2D eigenvalue weighted by Crippen LogP contribution is -2.19. The van der Waals surface area contributed by atoms with E-state index < -0.39 is 0 Å². The summed E-state index contributed by atoms with van der Waals surface area (Å²) in [6.45, 7) is 0. The van der Waals surface area contributed by atoms with Gasteiger partial charge in [-0.15, -0.1) is 0 Å². The standard InChI is InChI=1S/C17H14N4O/c22-17(20-11-3-7-15(20)13-5-1-9-18-13)21-12-4-8-16(21)14-6-2-10-19-14/h1-12,18-19H. The van der Waals surface area contributed by atoms with Crippen molar-refractivity contribution < 1.29 is 4.79 Å². The van der Waals surface area contributed by atoms with Gasteiger partial charge >= 0.3 is 6.03 Å². The largest absolute Gasteiger partial charge is 0.360 e. The molecule has 4 heterocycles.